The molecule has 0 fully saturated rings. The van der Waals surface area contributed by atoms with Crippen LogP contribution >= 0.6 is 15.9 Å². The molecule has 0 spiro atoms. The molecule has 4 nitrogen and oxygen atoms in total. The average molecular weight is 304 g/mol. The van der Waals surface area contributed by atoms with E-state index in [0.717, 1.165) is 42.8 Å². The van der Waals surface area contributed by atoms with Crippen LogP contribution < -0.4 is 0 Å². The smallest absolute Gasteiger partial charge is 0.0980 e. The van der Waals surface area contributed by atoms with Crippen LogP contribution in [0, 0.1) is 0 Å². The number of aromatic nitrogens is 2. The molecule has 1 rings (SSSR count). The molecule has 1 heterocycles. The molecule has 1 aromatic heterocycles. The molecule has 0 aliphatic rings. The Morgan fingerprint density at radius 3 is 2.59 bits per heavy atom. The van der Waals surface area contributed by atoms with Gasteiger partial charge in [0, 0.05) is 13.1 Å². The van der Waals surface area contributed by atoms with Crippen LogP contribution in [0.3, 0.4) is 0 Å². The molecule has 1 unspecified atom stereocenters. The van der Waals surface area contributed by atoms with Gasteiger partial charge in [-0.1, -0.05) is 13.8 Å². The van der Waals surface area contributed by atoms with Crippen LogP contribution in [0.1, 0.15) is 39.0 Å². The first kappa shape index (κ1) is 14.7. The maximum atomic E-state index is 10.2. The minimum atomic E-state index is -0.451. The third-order valence-electron chi connectivity index (χ3n) is 3.06. The fraction of sp³-hybridized carbons (Fsp3) is 0.750. The van der Waals surface area contributed by atoms with Crippen LogP contribution in [0.25, 0.3) is 0 Å². The Bertz CT molecular complexity index is 336. The summed E-state index contributed by atoms with van der Waals surface area (Å²) < 4.78 is 2.74. The lowest BCUT2D eigenvalue weighted by atomic mass is 10.1. The predicted octanol–water partition coefficient (Wildman–Crippen LogP) is 2.43. The van der Waals surface area contributed by atoms with Gasteiger partial charge in [-0.25, -0.2) is 0 Å². The lowest BCUT2D eigenvalue weighted by Crippen LogP contribution is -2.25. The van der Waals surface area contributed by atoms with E-state index in [-0.39, 0.29) is 0 Å². The van der Waals surface area contributed by atoms with Gasteiger partial charge >= 0.3 is 0 Å². The van der Waals surface area contributed by atoms with E-state index in [0.29, 0.717) is 0 Å². The van der Waals surface area contributed by atoms with Gasteiger partial charge in [0.05, 0.1) is 22.5 Å². The summed E-state index contributed by atoms with van der Waals surface area (Å²) in [6.45, 7) is 10.1. The molecule has 0 aliphatic heterocycles. The maximum absolute atomic E-state index is 10.2. The van der Waals surface area contributed by atoms with Crippen molar-refractivity contribution in [3.8, 4) is 0 Å². The molecule has 17 heavy (non-hydrogen) atoms. The fourth-order valence-corrected chi connectivity index (χ4v) is 2.50. The minimum Gasteiger partial charge on any atom is -0.387 e. The summed E-state index contributed by atoms with van der Waals surface area (Å²) in [6, 6.07) is 0. The SMILES string of the molecule is CCN(CC)CCC(O)c1c(Br)cnn1CC. The van der Waals surface area contributed by atoms with Crippen molar-refractivity contribution in [1.82, 2.24) is 14.7 Å². The fourth-order valence-electron chi connectivity index (χ4n) is 1.94. The van der Waals surface area contributed by atoms with Crippen LogP contribution in [-0.4, -0.2) is 39.4 Å². The molecule has 0 amide bonds. The van der Waals surface area contributed by atoms with E-state index < -0.39 is 6.10 Å². The number of aliphatic hydroxyl groups excluding tert-OH is 1. The molecular weight excluding hydrogens is 282 g/mol. The highest BCUT2D eigenvalue weighted by Crippen LogP contribution is 2.25. The van der Waals surface area contributed by atoms with Crippen LogP contribution in [0.5, 0.6) is 0 Å². The number of aryl methyl sites for hydroxylation is 1. The highest BCUT2D eigenvalue weighted by molar-refractivity contribution is 9.10. The molecular formula is C12H22BrN3O. The van der Waals surface area contributed by atoms with Gasteiger partial charge in [-0.2, -0.15) is 5.10 Å². The topological polar surface area (TPSA) is 41.3 Å². The Hall–Kier alpha value is -0.390. The number of hydrogen-bond acceptors (Lipinski definition) is 3. The normalized spacial score (nSPS) is 13.3. The average Bonchev–Trinajstić information content (AvgIpc) is 2.71. The van der Waals surface area contributed by atoms with Crippen LogP contribution in [0.4, 0.5) is 0 Å². The van der Waals surface area contributed by atoms with Crippen LogP contribution in [0.2, 0.25) is 0 Å². The molecule has 0 aliphatic carbocycles. The zero-order valence-electron chi connectivity index (χ0n) is 10.9. The second kappa shape index (κ2) is 7.13. The zero-order valence-corrected chi connectivity index (χ0v) is 12.4. The minimum absolute atomic E-state index is 0.451. The van der Waals surface area contributed by atoms with Gasteiger partial charge in [-0.05, 0) is 42.4 Å². The highest BCUT2D eigenvalue weighted by Gasteiger charge is 2.17. The molecule has 0 aromatic carbocycles. The Morgan fingerprint density at radius 1 is 1.41 bits per heavy atom. The van der Waals surface area contributed by atoms with Gasteiger partial charge in [-0.3, -0.25) is 4.68 Å². The lowest BCUT2D eigenvalue weighted by Gasteiger charge is -2.20. The summed E-state index contributed by atoms with van der Waals surface area (Å²) in [4.78, 5) is 2.31. The highest BCUT2D eigenvalue weighted by atomic mass is 79.9. The molecule has 98 valence electrons. The molecule has 0 bridgehead atoms. The first-order valence-electron chi connectivity index (χ1n) is 6.25. The Labute approximate surface area is 112 Å². The molecule has 1 aromatic rings. The summed E-state index contributed by atoms with van der Waals surface area (Å²) >= 11 is 3.44. The van der Waals surface area contributed by atoms with E-state index in [1.165, 1.54) is 0 Å². The second-order valence-corrected chi connectivity index (χ2v) is 4.88. The molecule has 0 saturated heterocycles. The van der Waals surface area contributed by atoms with Crippen molar-refractivity contribution >= 4 is 15.9 Å². The first-order valence-corrected chi connectivity index (χ1v) is 7.04. The lowest BCUT2D eigenvalue weighted by molar-refractivity contribution is 0.135. The standard InChI is InChI=1S/C12H22BrN3O/c1-4-15(5-2)8-7-11(17)12-10(13)9-14-16(12)6-3/h9,11,17H,4-8H2,1-3H3. The second-order valence-electron chi connectivity index (χ2n) is 4.02. The summed E-state index contributed by atoms with van der Waals surface area (Å²) in [6.07, 6.45) is 2.04. The van der Waals surface area contributed by atoms with E-state index in [4.69, 9.17) is 0 Å². The summed E-state index contributed by atoms with van der Waals surface area (Å²) in [5, 5.41) is 14.4. The largest absolute Gasteiger partial charge is 0.387 e. The number of halogens is 1. The van der Waals surface area contributed by atoms with Crippen molar-refractivity contribution in [2.45, 2.75) is 39.8 Å². The van der Waals surface area contributed by atoms with E-state index >= 15 is 0 Å². The quantitative estimate of drug-likeness (QED) is 0.841. The predicted molar refractivity (Wildman–Crippen MR) is 73.0 cm³/mol. The van der Waals surface area contributed by atoms with E-state index in [1.807, 2.05) is 11.6 Å². The van der Waals surface area contributed by atoms with Crippen molar-refractivity contribution in [3.05, 3.63) is 16.4 Å². The van der Waals surface area contributed by atoms with E-state index in [9.17, 15) is 5.11 Å². The van der Waals surface area contributed by atoms with Gasteiger partial charge in [0.2, 0.25) is 0 Å². The molecule has 0 saturated carbocycles. The Balaban J connectivity index is 2.62. The third-order valence-corrected chi connectivity index (χ3v) is 3.67. The van der Waals surface area contributed by atoms with Crippen LogP contribution in [-0.2, 0) is 6.54 Å². The monoisotopic (exact) mass is 303 g/mol. The zero-order chi connectivity index (χ0) is 12.8. The van der Waals surface area contributed by atoms with Crippen molar-refractivity contribution in [3.63, 3.8) is 0 Å². The number of aliphatic hydroxyl groups is 1. The van der Waals surface area contributed by atoms with Crippen molar-refractivity contribution < 1.29 is 5.11 Å². The molecule has 1 atom stereocenters. The molecule has 5 heteroatoms. The van der Waals surface area contributed by atoms with Gasteiger partial charge in [0.25, 0.3) is 0 Å². The first-order chi connectivity index (χ1) is 8.13. The Kier molecular flexibility index (Phi) is 6.16. The van der Waals surface area contributed by atoms with Gasteiger partial charge in [0.1, 0.15) is 0 Å². The Morgan fingerprint density at radius 2 is 2.06 bits per heavy atom. The van der Waals surface area contributed by atoms with E-state index in [2.05, 4.69) is 39.8 Å². The number of nitrogens with zero attached hydrogens (tertiary/aromatic N) is 3. The van der Waals surface area contributed by atoms with Crippen molar-refractivity contribution in [2.75, 3.05) is 19.6 Å². The van der Waals surface area contributed by atoms with E-state index in [1.54, 1.807) is 6.20 Å². The molecule has 1 N–H and O–H groups in total. The summed E-state index contributed by atoms with van der Waals surface area (Å²) in [7, 11) is 0. The molecule has 0 radical (unpaired) electrons. The maximum Gasteiger partial charge on any atom is 0.0980 e. The van der Waals surface area contributed by atoms with Crippen LogP contribution in [0.15, 0.2) is 10.7 Å². The van der Waals surface area contributed by atoms with Gasteiger partial charge < -0.3 is 10.0 Å². The summed E-state index contributed by atoms with van der Waals surface area (Å²) in [5.74, 6) is 0. The van der Waals surface area contributed by atoms with Crippen molar-refractivity contribution in [1.29, 1.82) is 0 Å². The van der Waals surface area contributed by atoms with Crippen molar-refractivity contribution in [2.24, 2.45) is 0 Å². The van der Waals surface area contributed by atoms with Gasteiger partial charge in [0.15, 0.2) is 0 Å². The van der Waals surface area contributed by atoms with Gasteiger partial charge in [-0.15, -0.1) is 0 Å². The number of hydrogen-bond donors (Lipinski definition) is 1. The third kappa shape index (κ3) is 3.79. The number of rotatable bonds is 7. The summed E-state index contributed by atoms with van der Waals surface area (Å²) in [5.41, 5.74) is 0.889.